The van der Waals surface area contributed by atoms with Crippen molar-refractivity contribution in [1.29, 1.82) is 0 Å². The summed E-state index contributed by atoms with van der Waals surface area (Å²) in [4.78, 5) is 41.1. The standard InChI is InChI=1S/C26H28N10O4S2/c27-14-3-1-2-4-15(14)32-26-34-23(19(22(28)38)24-30-12-31-36(24)26)33-17-10-29-25(41-17)13-11-40-20-16(37)9-18(42-21(13)20)35-5-7-39-8-6-35/h9-12,14-15,33H,1-8,27H2,(H2,28,38)(H,32,34)/t14-,15+/m1/s1. The number of nitrogens with one attached hydrogen (secondary N) is 2. The van der Waals surface area contributed by atoms with Gasteiger partial charge in [0.25, 0.3) is 5.91 Å². The molecule has 0 spiro atoms. The van der Waals surface area contributed by atoms with Crippen molar-refractivity contribution in [2.45, 2.75) is 37.8 Å². The Labute approximate surface area is 246 Å². The van der Waals surface area contributed by atoms with Crippen molar-refractivity contribution in [1.82, 2.24) is 24.6 Å². The van der Waals surface area contributed by atoms with Gasteiger partial charge in [-0.3, -0.25) is 9.59 Å². The van der Waals surface area contributed by atoms with E-state index in [9.17, 15) is 9.59 Å². The molecule has 14 nitrogen and oxygen atoms in total. The molecule has 1 aliphatic carbocycles. The lowest BCUT2D eigenvalue weighted by atomic mass is 9.91. The zero-order valence-corrected chi connectivity index (χ0v) is 24.0. The molecular weight excluding hydrogens is 580 g/mol. The largest absolute Gasteiger partial charge is 0.459 e. The lowest BCUT2D eigenvalue weighted by Gasteiger charge is -2.29. The van der Waals surface area contributed by atoms with Gasteiger partial charge in [-0.15, -0.1) is 11.3 Å². The third-order valence-electron chi connectivity index (χ3n) is 7.54. The molecule has 1 aliphatic heterocycles. The molecule has 5 aromatic rings. The van der Waals surface area contributed by atoms with Gasteiger partial charge in [0.15, 0.2) is 17.0 Å². The predicted octanol–water partition coefficient (Wildman–Crippen LogP) is 2.78. The molecule has 218 valence electrons. The number of nitrogens with two attached hydrogens (primary N) is 2. The molecule has 1 amide bonds. The van der Waals surface area contributed by atoms with E-state index < -0.39 is 5.91 Å². The summed E-state index contributed by atoms with van der Waals surface area (Å²) in [5, 5.41) is 13.0. The number of rotatable bonds is 7. The summed E-state index contributed by atoms with van der Waals surface area (Å²) in [7, 11) is 0. The van der Waals surface area contributed by atoms with Crippen molar-refractivity contribution in [3.8, 4) is 10.6 Å². The molecule has 0 bridgehead atoms. The van der Waals surface area contributed by atoms with Crippen LogP contribution in [0.25, 0.3) is 26.5 Å². The second-order valence-corrected chi connectivity index (χ2v) is 12.3. The number of hydrogen-bond donors (Lipinski definition) is 4. The van der Waals surface area contributed by atoms with Gasteiger partial charge in [-0.1, -0.05) is 24.2 Å². The highest BCUT2D eigenvalue weighted by Gasteiger charge is 2.27. The fourth-order valence-corrected chi connectivity index (χ4v) is 7.46. The maximum atomic E-state index is 12.9. The third-order valence-corrected chi connectivity index (χ3v) is 9.68. The quantitative estimate of drug-likeness (QED) is 0.212. The molecule has 1 saturated heterocycles. The molecular formula is C26H28N10O4S2. The number of carbonyl (C=O) groups excluding carboxylic acids is 1. The van der Waals surface area contributed by atoms with Gasteiger partial charge in [0.2, 0.25) is 11.4 Å². The van der Waals surface area contributed by atoms with Crippen molar-refractivity contribution in [3.63, 3.8) is 0 Å². The number of ether oxygens (including phenoxy) is 1. The van der Waals surface area contributed by atoms with E-state index in [2.05, 4.69) is 30.6 Å². The monoisotopic (exact) mass is 608 g/mol. The molecule has 0 aromatic carbocycles. The SMILES string of the molecule is NC(=O)c1c(Nc2cnc(-c3coc4c(=O)cc(N5CCOCC5)sc34)s2)nc(N[C@H]2CCCC[C@H]2N)n2ncnc12. The van der Waals surface area contributed by atoms with Crippen LogP contribution >= 0.6 is 22.7 Å². The number of primary amides is 1. The minimum Gasteiger partial charge on any atom is -0.459 e. The van der Waals surface area contributed by atoms with E-state index >= 15 is 0 Å². The Balaban J connectivity index is 1.23. The van der Waals surface area contributed by atoms with Gasteiger partial charge in [0.1, 0.15) is 28.2 Å². The lowest BCUT2D eigenvalue weighted by Crippen LogP contribution is -2.43. The highest BCUT2D eigenvalue weighted by Crippen LogP contribution is 2.39. The molecule has 2 atom stereocenters. The molecule has 7 rings (SSSR count). The molecule has 42 heavy (non-hydrogen) atoms. The number of morpholine rings is 1. The topological polar surface area (TPSA) is 192 Å². The molecule has 1 saturated carbocycles. The van der Waals surface area contributed by atoms with Gasteiger partial charge >= 0.3 is 0 Å². The number of amides is 1. The molecule has 6 N–H and O–H groups in total. The molecule has 16 heteroatoms. The van der Waals surface area contributed by atoms with Crippen molar-refractivity contribution < 1.29 is 13.9 Å². The van der Waals surface area contributed by atoms with E-state index in [1.165, 1.54) is 33.5 Å². The van der Waals surface area contributed by atoms with Gasteiger partial charge in [-0.2, -0.15) is 14.6 Å². The van der Waals surface area contributed by atoms with Crippen molar-refractivity contribution in [2.24, 2.45) is 11.5 Å². The van der Waals surface area contributed by atoms with Crippen LogP contribution in [0.2, 0.25) is 0 Å². The summed E-state index contributed by atoms with van der Waals surface area (Å²) in [5.41, 5.74) is 13.4. The summed E-state index contributed by atoms with van der Waals surface area (Å²) in [6.45, 7) is 2.67. The Morgan fingerprint density at radius 2 is 1.98 bits per heavy atom. The maximum Gasteiger partial charge on any atom is 0.256 e. The summed E-state index contributed by atoms with van der Waals surface area (Å²) in [5.74, 6) is -0.0698. The average molecular weight is 609 g/mol. The fraction of sp³-hybridized carbons (Fsp3) is 0.385. The molecule has 6 heterocycles. The summed E-state index contributed by atoms with van der Waals surface area (Å²) >= 11 is 2.82. The Morgan fingerprint density at radius 3 is 2.79 bits per heavy atom. The average Bonchev–Trinajstić information content (AvgIpc) is 3.75. The Bertz CT molecular complexity index is 1840. The summed E-state index contributed by atoms with van der Waals surface area (Å²) < 4.78 is 13.3. The zero-order chi connectivity index (χ0) is 28.8. The van der Waals surface area contributed by atoms with Gasteiger partial charge < -0.3 is 36.2 Å². The Kier molecular flexibility index (Phi) is 6.97. The second-order valence-electron chi connectivity index (χ2n) is 10.2. The van der Waals surface area contributed by atoms with Crippen LogP contribution < -0.4 is 32.4 Å². The van der Waals surface area contributed by atoms with Gasteiger partial charge in [0, 0.05) is 31.2 Å². The van der Waals surface area contributed by atoms with Crippen molar-refractivity contribution in [3.05, 3.63) is 40.6 Å². The molecule has 0 radical (unpaired) electrons. The number of anilines is 4. The molecule has 2 fully saturated rings. The summed E-state index contributed by atoms with van der Waals surface area (Å²) in [6, 6.07) is 1.59. The highest BCUT2D eigenvalue weighted by molar-refractivity contribution is 7.23. The van der Waals surface area contributed by atoms with Crippen LogP contribution in [0, 0.1) is 0 Å². The van der Waals surface area contributed by atoms with Gasteiger partial charge in [-0.25, -0.2) is 9.97 Å². The first kappa shape index (κ1) is 26.8. The number of carbonyl (C=O) groups is 1. The minimum atomic E-state index is -0.699. The Morgan fingerprint density at radius 1 is 1.14 bits per heavy atom. The lowest BCUT2D eigenvalue weighted by molar-refractivity contribution is 0.100. The second kappa shape index (κ2) is 10.9. The number of thiazole rings is 1. The summed E-state index contributed by atoms with van der Waals surface area (Å²) in [6.07, 6.45) is 8.50. The first-order chi connectivity index (χ1) is 20.5. The number of nitrogens with zero attached hydrogens (tertiary/aromatic N) is 6. The molecule has 2 aliphatic rings. The van der Waals surface area contributed by atoms with Gasteiger partial charge in [0.05, 0.1) is 34.7 Å². The number of fused-ring (bicyclic) bond motifs is 2. The van der Waals surface area contributed by atoms with Crippen LogP contribution in [0.3, 0.4) is 0 Å². The van der Waals surface area contributed by atoms with E-state index in [-0.39, 0.29) is 34.5 Å². The van der Waals surface area contributed by atoms with E-state index in [4.69, 9.17) is 25.6 Å². The molecule has 5 aromatic heterocycles. The van der Waals surface area contributed by atoms with Crippen LogP contribution in [0.4, 0.5) is 21.8 Å². The van der Waals surface area contributed by atoms with E-state index in [1.54, 1.807) is 18.5 Å². The maximum absolute atomic E-state index is 12.9. The van der Waals surface area contributed by atoms with Crippen molar-refractivity contribution in [2.75, 3.05) is 41.8 Å². The highest BCUT2D eigenvalue weighted by atomic mass is 32.1. The smallest absolute Gasteiger partial charge is 0.256 e. The number of furan rings is 1. The zero-order valence-electron chi connectivity index (χ0n) is 22.4. The third kappa shape index (κ3) is 4.85. The fourth-order valence-electron chi connectivity index (χ4n) is 5.39. The van der Waals surface area contributed by atoms with Gasteiger partial charge in [-0.05, 0) is 12.8 Å². The normalized spacial score (nSPS) is 19.4. The number of hydrogen-bond acceptors (Lipinski definition) is 14. The minimum absolute atomic E-state index is 0.00446. The van der Waals surface area contributed by atoms with E-state index in [0.29, 0.717) is 40.3 Å². The predicted molar refractivity (Wildman–Crippen MR) is 161 cm³/mol. The first-order valence-corrected chi connectivity index (χ1v) is 15.3. The van der Waals surface area contributed by atoms with E-state index in [0.717, 1.165) is 48.5 Å². The van der Waals surface area contributed by atoms with Crippen molar-refractivity contribution >= 4 is 66.3 Å². The first-order valence-electron chi connectivity index (χ1n) is 13.6. The van der Waals surface area contributed by atoms with Crippen LogP contribution in [0.5, 0.6) is 0 Å². The van der Waals surface area contributed by atoms with Crippen LogP contribution in [-0.2, 0) is 4.74 Å². The van der Waals surface area contributed by atoms with E-state index in [1.807, 2.05) is 0 Å². The molecule has 0 unspecified atom stereocenters. The van der Waals surface area contributed by atoms with Crippen LogP contribution in [0.15, 0.2) is 34.1 Å². The number of aromatic nitrogens is 5. The van der Waals surface area contributed by atoms with Crippen LogP contribution in [0.1, 0.15) is 36.0 Å². The Hall–Kier alpha value is -4.12. The van der Waals surface area contributed by atoms with Crippen LogP contribution in [-0.4, -0.2) is 68.9 Å².